The van der Waals surface area contributed by atoms with Gasteiger partial charge in [-0.25, -0.2) is 4.79 Å². The van der Waals surface area contributed by atoms with Crippen LogP contribution in [-0.2, 0) is 32.4 Å². The molecule has 0 unspecified atom stereocenters. The highest BCUT2D eigenvalue weighted by Gasteiger charge is 2.59. The molecule has 18 atom stereocenters. The molecule has 4 aromatic rings. The van der Waals surface area contributed by atoms with Crippen molar-refractivity contribution in [3.63, 3.8) is 0 Å². The number of methoxy groups -OCH3 is 2. The number of nitrogens with zero attached hydrogens (tertiary/aromatic N) is 5. The van der Waals surface area contributed by atoms with Gasteiger partial charge in [0, 0.05) is 95.2 Å². The van der Waals surface area contributed by atoms with E-state index in [4.69, 9.17) is 40.7 Å². The zero-order valence-electron chi connectivity index (χ0n) is 67.0. The number of amides is 3. The number of aromatic carboxylic acids is 1. The predicted octanol–water partition coefficient (Wildman–Crippen LogP) is 8.39. The molecule has 109 heavy (non-hydrogen) atoms. The molecular formula is C80H123BIN10O17. The van der Waals surface area contributed by atoms with Crippen molar-refractivity contribution in [3.8, 4) is 28.4 Å². The Hall–Kier alpha value is -6.33. The first-order chi connectivity index (χ1) is 51.2. The summed E-state index contributed by atoms with van der Waals surface area (Å²) < 4.78 is 17.1. The van der Waals surface area contributed by atoms with Crippen molar-refractivity contribution in [2.75, 3.05) is 74.4 Å². The number of benzene rings is 4. The highest BCUT2D eigenvalue weighted by Crippen LogP contribution is 2.62. The number of nitro benzene ring substituents is 1. The van der Waals surface area contributed by atoms with Crippen LogP contribution in [0.4, 0.5) is 11.4 Å². The Morgan fingerprint density at radius 3 is 1.61 bits per heavy atom. The molecule has 4 aromatic carbocycles. The second kappa shape index (κ2) is 39.4. The lowest BCUT2D eigenvalue weighted by Gasteiger charge is -2.62. The van der Waals surface area contributed by atoms with Gasteiger partial charge in [0.15, 0.2) is 0 Å². The number of carbonyl (C=O) groups is 4. The minimum absolute atomic E-state index is 0.00869. The van der Waals surface area contributed by atoms with Gasteiger partial charge < -0.3 is 81.9 Å². The average Bonchev–Trinajstić information content (AvgIpc) is 1.20. The van der Waals surface area contributed by atoms with Crippen LogP contribution in [-0.4, -0.2) is 216 Å². The number of fused-ring (bicyclic) bond motifs is 4. The number of nitrogens with one attached hydrogen (secondary N) is 3. The smallest absolute Gasteiger partial charge is 0.537 e. The summed E-state index contributed by atoms with van der Waals surface area (Å²) in [7, 11) is 11.6. The first-order valence-corrected chi connectivity index (χ1v) is 39.2. The fourth-order valence-corrected chi connectivity index (χ4v) is 18.6. The number of aliphatic hydroxyl groups is 4. The molecule has 8 aliphatic rings. The number of para-hydroxylation sites is 2. The van der Waals surface area contributed by atoms with Crippen molar-refractivity contribution in [1.29, 1.82) is 0 Å². The molecular weight excluding hydrogens is 1510 g/mol. The van der Waals surface area contributed by atoms with Crippen molar-refractivity contribution in [1.82, 2.24) is 35.9 Å². The summed E-state index contributed by atoms with van der Waals surface area (Å²) in [4.78, 5) is 80.0. The number of nitrogen functional groups attached to an aromatic ring is 1. The highest BCUT2D eigenvalue weighted by atomic mass is 127. The molecule has 0 spiro atoms. The van der Waals surface area contributed by atoms with Gasteiger partial charge in [0.05, 0.1) is 66.8 Å². The predicted molar refractivity (Wildman–Crippen MR) is 428 cm³/mol. The molecule has 13 N–H and O–H groups in total. The topological polar surface area (TPSA) is 380 Å². The number of carboxylic acids is 1. The Morgan fingerprint density at radius 1 is 0.706 bits per heavy atom. The highest BCUT2D eigenvalue weighted by molar-refractivity contribution is 14.1. The van der Waals surface area contributed by atoms with Crippen molar-refractivity contribution in [2.45, 2.75) is 195 Å². The van der Waals surface area contributed by atoms with Crippen LogP contribution in [0.5, 0.6) is 17.2 Å². The number of carbonyl (C=O) groups excluding carboxylic acids is 3. The van der Waals surface area contributed by atoms with Crippen molar-refractivity contribution >= 4 is 65.3 Å². The van der Waals surface area contributed by atoms with Crippen LogP contribution in [0, 0.1) is 83.7 Å². The van der Waals surface area contributed by atoms with E-state index < -0.39 is 71.7 Å². The largest absolute Gasteiger partial charge is 0.569 e. The van der Waals surface area contributed by atoms with E-state index in [0.717, 1.165) is 53.0 Å². The lowest BCUT2D eigenvalue weighted by molar-refractivity contribution is -0.384. The molecule has 6 aliphatic carbocycles. The number of halogens is 1. The van der Waals surface area contributed by atoms with Gasteiger partial charge in [0.25, 0.3) is 11.6 Å². The number of hydrogen-bond donors (Lipinski definition) is 11. The van der Waals surface area contributed by atoms with Crippen LogP contribution in [0.2, 0.25) is 0 Å². The molecule has 3 amide bonds. The number of nitrogens with two attached hydrogens (primary N) is 2. The summed E-state index contributed by atoms with van der Waals surface area (Å²) >= 11 is 2.22. The van der Waals surface area contributed by atoms with Gasteiger partial charge in [0.2, 0.25) is 11.8 Å². The molecule has 12 rings (SSSR count). The van der Waals surface area contributed by atoms with Gasteiger partial charge in [-0.15, -0.1) is 0 Å². The van der Waals surface area contributed by atoms with Gasteiger partial charge in [-0.3, -0.25) is 34.2 Å². The molecule has 6 saturated carbocycles. The molecule has 8 fully saturated rings. The van der Waals surface area contributed by atoms with Crippen LogP contribution in [0.25, 0.3) is 11.1 Å². The quantitative estimate of drug-likeness (QED) is 0.00799. The number of hydrogen-bond acceptors (Lipinski definition) is 22. The number of ether oxygens (including phenoxy) is 2. The lowest BCUT2D eigenvalue weighted by atomic mass is 9.45. The van der Waals surface area contributed by atoms with Crippen molar-refractivity contribution in [2.24, 2.45) is 75.7 Å². The third kappa shape index (κ3) is 22.3. The first kappa shape index (κ1) is 89.9. The van der Waals surface area contributed by atoms with Crippen molar-refractivity contribution < 1.29 is 78.5 Å². The number of anilines is 1. The normalized spacial score (nSPS) is 26.8. The van der Waals surface area contributed by atoms with Gasteiger partial charge in [-0.2, -0.15) is 10.1 Å². The summed E-state index contributed by atoms with van der Waals surface area (Å²) in [5.74, 6) is 2.19. The monoisotopic (exact) mass is 1630 g/mol. The fraction of sp³-hybridized carbons (Fsp3) is 0.650. The number of carboxylic acid groups (broad SMARTS) is 1. The molecule has 29 heteroatoms. The van der Waals surface area contributed by atoms with Crippen LogP contribution >= 0.6 is 22.6 Å². The molecule has 27 nitrogen and oxygen atoms in total. The molecule has 0 aromatic heterocycles. The third-order valence-electron chi connectivity index (χ3n) is 23.4. The summed E-state index contributed by atoms with van der Waals surface area (Å²) in [5.41, 5.74) is 14.4. The van der Waals surface area contributed by atoms with E-state index in [0.29, 0.717) is 96.1 Å². The van der Waals surface area contributed by atoms with Gasteiger partial charge >= 0.3 is 13.7 Å². The maximum Gasteiger partial charge on any atom is 0.569 e. The Morgan fingerprint density at radius 2 is 1.19 bits per heavy atom. The molecule has 1 radical (unpaired) electrons. The summed E-state index contributed by atoms with van der Waals surface area (Å²) in [6.07, 6.45) is 2.92. The zero-order chi connectivity index (χ0) is 81.0. The van der Waals surface area contributed by atoms with E-state index in [2.05, 4.69) is 131 Å². The molecule has 4 bridgehead atoms. The first-order valence-electron chi connectivity index (χ1n) is 38.2. The Bertz CT molecular complexity index is 3680. The number of likely N-dealkylation sites (N-methyl/N-ethyl adjacent to an activating group) is 2. The average molecular weight is 1630 g/mol. The van der Waals surface area contributed by atoms with Crippen LogP contribution in [0.3, 0.4) is 0 Å². The second-order valence-electron chi connectivity index (χ2n) is 33.5. The van der Waals surface area contributed by atoms with Crippen LogP contribution < -0.4 is 41.5 Å². The standard InChI is InChI=1S/C40H59N5O8.C25H37IN2O5.C8H20N2.C7H7BNO4/c1-22(2)13-29(20-43(7)8)41-38(48)27-14-26(15-30(16-27)45(50)51)31-12-10-11-25(37(31)52-9)19-44-36(35(24(4)47)34(21-46)53-44)39(49)42-33-18-28-17-32(23(33)3)40(28,5)6;1-13-17-9-16(25(17,3)4)10-19(13)27-24(31)22-21(14(2)30)20(12-29)33-28(22)11-15-7-6-8-18(26)23(15)32-5;1-7(2)5-8(9)6-10(3)4;9-5-1-4(7(10)11)2-6(3-5)13-8-12/h10-12,14-16,22-24,28-29,32-36,46-47H,13,17-21H2,1-9H3,(H,41,48)(H,42,49);6-8,13-14,16-17,19-22,29-30H,9-12H2,1-5H3,(H,27,31);7-8H,5-6,9H2,1-4H3;1-3,12H,9H2,(H,10,11)/t23-,24-,28+,29-,32-,33-,34-,35+,36-;13-,14-,16+,17-,19-,20-,21+,22-;8-;/m000./s1. The van der Waals surface area contributed by atoms with E-state index in [1.54, 1.807) is 44.2 Å². The molecule has 605 valence electrons. The Labute approximate surface area is 658 Å². The lowest BCUT2D eigenvalue weighted by Crippen LogP contribution is -2.62. The van der Waals surface area contributed by atoms with Crippen LogP contribution in [0.1, 0.15) is 153 Å². The maximum atomic E-state index is 14.2. The number of rotatable bonds is 29. The second-order valence-corrected chi connectivity index (χ2v) is 34.6. The van der Waals surface area contributed by atoms with Gasteiger partial charge in [-0.1, -0.05) is 99.6 Å². The van der Waals surface area contributed by atoms with Gasteiger partial charge in [0.1, 0.15) is 41.5 Å². The van der Waals surface area contributed by atoms with E-state index in [1.807, 2.05) is 43.3 Å². The van der Waals surface area contributed by atoms with Crippen molar-refractivity contribution in [3.05, 3.63) is 109 Å². The summed E-state index contributed by atoms with van der Waals surface area (Å²) in [6.45, 7) is 26.9. The van der Waals surface area contributed by atoms with E-state index in [9.17, 15) is 49.7 Å². The number of hydroxylamine groups is 4. The summed E-state index contributed by atoms with van der Waals surface area (Å²) in [5, 5.41) is 83.6. The van der Waals surface area contributed by atoms with E-state index in [1.165, 1.54) is 55.3 Å². The maximum absolute atomic E-state index is 14.2. The van der Waals surface area contributed by atoms with E-state index in [-0.39, 0.29) is 76.8 Å². The number of non-ortho nitro benzene ring substituents is 1. The Balaban J connectivity index is 0.000000247. The summed E-state index contributed by atoms with van der Waals surface area (Å²) in [6, 6.07) is 18.2. The van der Waals surface area contributed by atoms with E-state index >= 15 is 0 Å². The van der Waals surface area contributed by atoms with Gasteiger partial charge in [-0.05, 0) is 191 Å². The zero-order valence-corrected chi connectivity index (χ0v) is 69.1. The van der Waals surface area contributed by atoms with Crippen LogP contribution in [0.15, 0.2) is 72.8 Å². The molecule has 2 heterocycles. The third-order valence-corrected chi connectivity index (χ3v) is 24.3. The minimum atomic E-state index is -1.10. The SMILES string of the molecule is CC(C)C[C@H](N)CN(C)C.COc1c(CN2O[C@@H](CO)[C@@H]([C@H](C)O)[C@H]2C(=O)N[C@H]2C[C@H]3C[C@@H]([C@@H]2C)C3(C)C)cccc1-c1cc(C(=O)N[C@@H](CC(C)C)CN(C)C)cc([N+](=O)[O-])c1.COc1c(I)cccc1CN1O[C@@H](CO)[C@@H]([C@H](C)O)[C@H]1C(=O)N[C@H]1C[C@H]2C[C@@H]([C@@H]1C)C2(C)C.Nc1cc(O[B]O)cc(C(=O)O)c1. The molecule has 2 aliphatic heterocycles. The number of aliphatic hydroxyl groups excluding tert-OH is 4. The Kier molecular flexibility index (Phi) is 32.5. The fourth-order valence-electron chi connectivity index (χ4n) is 17.9. The minimum Gasteiger partial charge on any atom is -0.537 e. The molecule has 2 saturated heterocycles. The number of nitro groups is 1.